The fraction of sp³-hybridized carbons (Fsp3) is 0.100. The second-order valence-electron chi connectivity index (χ2n) is 5.76. The van der Waals surface area contributed by atoms with Crippen LogP contribution in [-0.2, 0) is 0 Å². The molecule has 0 unspecified atom stereocenters. The summed E-state index contributed by atoms with van der Waals surface area (Å²) in [6.07, 6.45) is 1.64. The molecule has 5 heteroatoms. The average molecular weight is 396 g/mol. The average Bonchev–Trinajstić information content (AvgIpc) is 2.60. The summed E-state index contributed by atoms with van der Waals surface area (Å²) in [4.78, 5) is 16.7. The number of hydrogen-bond donors (Lipinski definition) is 2. The molecule has 0 saturated heterocycles. The summed E-state index contributed by atoms with van der Waals surface area (Å²) in [5.74, 6) is 0.557. The predicted octanol–water partition coefficient (Wildman–Crippen LogP) is 5.46. The largest absolute Gasteiger partial charge is 0.340 e. The molecule has 1 heterocycles. The van der Waals surface area contributed by atoms with Gasteiger partial charge in [-0.15, -0.1) is 0 Å². The topological polar surface area (TPSA) is 54.0 Å². The number of carbonyl (C=O) groups excluding carboxylic acids is 1. The number of rotatable bonds is 4. The highest BCUT2D eigenvalue weighted by atomic mass is 79.9. The van der Waals surface area contributed by atoms with Crippen molar-refractivity contribution in [2.45, 2.75) is 13.8 Å². The Balaban J connectivity index is 1.72. The van der Waals surface area contributed by atoms with Gasteiger partial charge < -0.3 is 10.6 Å². The molecule has 0 saturated carbocycles. The third-order valence-corrected chi connectivity index (χ3v) is 4.57. The normalized spacial score (nSPS) is 10.4. The zero-order valence-corrected chi connectivity index (χ0v) is 15.6. The van der Waals surface area contributed by atoms with Gasteiger partial charge in [-0.25, -0.2) is 4.98 Å². The first-order valence-electron chi connectivity index (χ1n) is 7.90. The van der Waals surface area contributed by atoms with Crippen molar-refractivity contribution in [1.29, 1.82) is 0 Å². The zero-order valence-electron chi connectivity index (χ0n) is 14.0. The molecule has 0 aliphatic carbocycles. The van der Waals surface area contributed by atoms with Gasteiger partial charge in [0.05, 0.1) is 17.4 Å². The molecule has 0 aliphatic heterocycles. The number of benzene rings is 2. The highest BCUT2D eigenvalue weighted by Gasteiger charge is 2.10. The minimum absolute atomic E-state index is 0.176. The Morgan fingerprint density at radius 3 is 2.32 bits per heavy atom. The standard InChI is InChI=1S/C20H18BrN3O/c1-13-6-5-7-14(2)19(13)24-18-11-10-15(12-22-18)23-20(25)16-8-3-4-9-17(16)21/h3-12H,1-2H3,(H,22,24)(H,23,25). The molecule has 3 rings (SSSR count). The van der Waals surface area contributed by atoms with Crippen LogP contribution in [0.4, 0.5) is 17.2 Å². The molecule has 4 nitrogen and oxygen atoms in total. The zero-order chi connectivity index (χ0) is 17.8. The number of nitrogens with one attached hydrogen (secondary N) is 2. The van der Waals surface area contributed by atoms with Crippen molar-refractivity contribution >= 4 is 39.0 Å². The fourth-order valence-electron chi connectivity index (χ4n) is 2.53. The van der Waals surface area contributed by atoms with Crippen LogP contribution < -0.4 is 10.6 Å². The highest BCUT2D eigenvalue weighted by molar-refractivity contribution is 9.10. The third-order valence-electron chi connectivity index (χ3n) is 3.87. The summed E-state index contributed by atoms with van der Waals surface area (Å²) < 4.78 is 0.758. The van der Waals surface area contributed by atoms with Crippen LogP contribution in [0.25, 0.3) is 0 Å². The van der Waals surface area contributed by atoms with Crippen molar-refractivity contribution in [2.75, 3.05) is 10.6 Å². The number of aromatic nitrogens is 1. The maximum absolute atomic E-state index is 12.3. The second-order valence-corrected chi connectivity index (χ2v) is 6.61. The summed E-state index contributed by atoms with van der Waals surface area (Å²) in [5.41, 5.74) is 4.61. The number of amides is 1. The van der Waals surface area contributed by atoms with Gasteiger partial charge in [-0.1, -0.05) is 30.3 Å². The first-order chi connectivity index (χ1) is 12.0. The van der Waals surface area contributed by atoms with E-state index < -0.39 is 0 Å². The van der Waals surface area contributed by atoms with Gasteiger partial charge in [0, 0.05) is 10.2 Å². The van der Waals surface area contributed by atoms with Crippen molar-refractivity contribution in [3.05, 3.63) is 82.0 Å². The van der Waals surface area contributed by atoms with Gasteiger partial charge >= 0.3 is 0 Å². The van der Waals surface area contributed by atoms with Gasteiger partial charge in [0.25, 0.3) is 5.91 Å². The van der Waals surface area contributed by atoms with Crippen molar-refractivity contribution in [1.82, 2.24) is 4.98 Å². The first-order valence-corrected chi connectivity index (χ1v) is 8.69. The van der Waals surface area contributed by atoms with Crippen molar-refractivity contribution in [3.8, 4) is 0 Å². The lowest BCUT2D eigenvalue weighted by Gasteiger charge is -2.12. The van der Waals surface area contributed by atoms with E-state index in [0.29, 0.717) is 11.3 Å². The molecule has 0 radical (unpaired) electrons. The number of hydrogen-bond acceptors (Lipinski definition) is 3. The van der Waals surface area contributed by atoms with Crippen LogP contribution >= 0.6 is 15.9 Å². The summed E-state index contributed by atoms with van der Waals surface area (Å²) in [7, 11) is 0. The van der Waals surface area contributed by atoms with Gasteiger partial charge in [-0.2, -0.15) is 0 Å². The second kappa shape index (κ2) is 7.49. The van der Waals surface area contributed by atoms with Crippen molar-refractivity contribution < 1.29 is 4.79 Å². The highest BCUT2D eigenvalue weighted by Crippen LogP contribution is 2.24. The lowest BCUT2D eigenvalue weighted by molar-refractivity contribution is 0.102. The Morgan fingerprint density at radius 2 is 1.68 bits per heavy atom. The number of carbonyl (C=O) groups is 1. The summed E-state index contributed by atoms with van der Waals surface area (Å²) in [6.45, 7) is 4.11. The Bertz CT molecular complexity index is 887. The van der Waals surface area contributed by atoms with E-state index in [1.54, 1.807) is 12.3 Å². The third kappa shape index (κ3) is 4.06. The van der Waals surface area contributed by atoms with Gasteiger partial charge in [0.1, 0.15) is 5.82 Å². The number of nitrogens with zero attached hydrogens (tertiary/aromatic N) is 1. The quantitative estimate of drug-likeness (QED) is 0.616. The lowest BCUT2D eigenvalue weighted by Crippen LogP contribution is -2.12. The number of anilines is 3. The molecular formula is C20H18BrN3O. The summed E-state index contributed by atoms with van der Waals surface area (Å²) >= 11 is 3.39. The van der Waals surface area contributed by atoms with Crippen LogP contribution in [0, 0.1) is 13.8 Å². The fourth-order valence-corrected chi connectivity index (χ4v) is 2.99. The maximum Gasteiger partial charge on any atom is 0.256 e. The Kier molecular flexibility index (Phi) is 5.14. The molecule has 0 aliphatic rings. The van der Waals surface area contributed by atoms with E-state index in [0.717, 1.165) is 27.1 Å². The van der Waals surface area contributed by atoms with Crippen LogP contribution in [0.3, 0.4) is 0 Å². The molecule has 1 aromatic heterocycles. The molecule has 2 aromatic carbocycles. The number of aryl methyl sites for hydroxylation is 2. The summed E-state index contributed by atoms with van der Waals surface area (Å²) in [6, 6.07) is 17.1. The van der Waals surface area contributed by atoms with Gasteiger partial charge in [0.2, 0.25) is 0 Å². The molecule has 25 heavy (non-hydrogen) atoms. The SMILES string of the molecule is Cc1cccc(C)c1Nc1ccc(NC(=O)c2ccccc2Br)cn1. The van der Waals surface area contributed by atoms with E-state index in [4.69, 9.17) is 0 Å². The Hall–Kier alpha value is -2.66. The molecule has 1 amide bonds. The van der Waals surface area contributed by atoms with Gasteiger partial charge in [0.15, 0.2) is 0 Å². The van der Waals surface area contributed by atoms with Gasteiger partial charge in [-0.3, -0.25) is 4.79 Å². The van der Waals surface area contributed by atoms with Crippen LogP contribution in [0.15, 0.2) is 65.3 Å². The molecule has 2 N–H and O–H groups in total. The Labute approximate surface area is 155 Å². The monoisotopic (exact) mass is 395 g/mol. The van der Waals surface area contributed by atoms with Gasteiger partial charge in [-0.05, 0) is 65.2 Å². The minimum atomic E-state index is -0.176. The van der Waals surface area contributed by atoms with E-state index in [1.165, 1.54) is 0 Å². The van der Waals surface area contributed by atoms with Crippen molar-refractivity contribution in [2.24, 2.45) is 0 Å². The van der Waals surface area contributed by atoms with Crippen LogP contribution in [0.1, 0.15) is 21.5 Å². The van der Waals surface area contributed by atoms with Crippen LogP contribution in [0.5, 0.6) is 0 Å². The van der Waals surface area contributed by atoms with E-state index in [2.05, 4.69) is 57.5 Å². The minimum Gasteiger partial charge on any atom is -0.340 e. The van der Waals surface area contributed by atoms with Crippen molar-refractivity contribution in [3.63, 3.8) is 0 Å². The summed E-state index contributed by atoms with van der Waals surface area (Å²) in [5, 5.41) is 6.18. The first kappa shape index (κ1) is 17.2. The van der Waals surface area contributed by atoms with E-state index >= 15 is 0 Å². The molecule has 0 spiro atoms. The lowest BCUT2D eigenvalue weighted by atomic mass is 10.1. The predicted molar refractivity (Wildman–Crippen MR) is 106 cm³/mol. The van der Waals surface area contributed by atoms with E-state index in [-0.39, 0.29) is 5.91 Å². The molecule has 0 atom stereocenters. The van der Waals surface area contributed by atoms with E-state index in [1.807, 2.05) is 36.4 Å². The molecule has 3 aromatic rings. The van der Waals surface area contributed by atoms with Crippen LogP contribution in [0.2, 0.25) is 0 Å². The molecule has 0 fully saturated rings. The smallest absolute Gasteiger partial charge is 0.256 e. The molecule has 0 bridgehead atoms. The Morgan fingerprint density at radius 1 is 0.960 bits per heavy atom. The maximum atomic E-state index is 12.3. The number of para-hydroxylation sites is 1. The van der Waals surface area contributed by atoms with E-state index in [9.17, 15) is 4.79 Å². The molecule has 126 valence electrons. The number of pyridine rings is 1. The van der Waals surface area contributed by atoms with Crippen LogP contribution in [-0.4, -0.2) is 10.9 Å². The molecular weight excluding hydrogens is 378 g/mol. The number of halogens is 1.